The molecule has 0 heterocycles. The summed E-state index contributed by atoms with van der Waals surface area (Å²) >= 11 is 15.7. The van der Waals surface area contributed by atoms with Crippen LogP contribution in [0.3, 0.4) is 0 Å². The lowest BCUT2D eigenvalue weighted by Gasteiger charge is -2.33. The van der Waals surface area contributed by atoms with Gasteiger partial charge in [0.05, 0.1) is 11.9 Å². The Morgan fingerprint density at radius 2 is 1.69 bits per heavy atom. The Morgan fingerprint density at radius 1 is 1.06 bits per heavy atom. The van der Waals surface area contributed by atoms with E-state index < -0.39 is 28.5 Å². The molecule has 0 aliphatic carbocycles. The van der Waals surface area contributed by atoms with E-state index in [-0.39, 0.29) is 18.5 Å². The van der Waals surface area contributed by atoms with Crippen LogP contribution in [0.5, 0.6) is 0 Å². The number of halogens is 3. The number of hydrogen-bond acceptors (Lipinski definition) is 4. The zero-order valence-electron chi connectivity index (χ0n) is 20.1. The number of rotatable bonds is 11. The maximum atomic E-state index is 13.6. The minimum Gasteiger partial charge on any atom is -0.352 e. The summed E-state index contributed by atoms with van der Waals surface area (Å²) in [5, 5.41) is 3.71. The summed E-state index contributed by atoms with van der Waals surface area (Å²) in [6.45, 7) is 5.17. The molecule has 11 heteroatoms. The largest absolute Gasteiger partial charge is 0.352 e. The van der Waals surface area contributed by atoms with Crippen LogP contribution in [-0.4, -0.2) is 50.0 Å². The third kappa shape index (κ3) is 8.37. The van der Waals surface area contributed by atoms with Gasteiger partial charge in [-0.1, -0.05) is 59.0 Å². The summed E-state index contributed by atoms with van der Waals surface area (Å²) in [7, 11) is -3.80. The molecule has 0 aromatic heterocycles. The van der Waals surface area contributed by atoms with Gasteiger partial charge >= 0.3 is 0 Å². The fourth-order valence-corrected chi connectivity index (χ4v) is 5.00. The minimum absolute atomic E-state index is 0.0131. The summed E-state index contributed by atoms with van der Waals surface area (Å²) in [6.07, 6.45) is 2.09. The molecule has 7 nitrogen and oxygen atoms in total. The molecular weight excluding hydrogens is 577 g/mol. The predicted octanol–water partition coefficient (Wildman–Crippen LogP) is 5.24. The average Bonchev–Trinajstić information content (AvgIpc) is 2.78. The number of sulfonamides is 1. The number of nitrogens with one attached hydrogen (secondary N) is 1. The first kappa shape index (κ1) is 29.4. The van der Waals surface area contributed by atoms with Gasteiger partial charge in [0, 0.05) is 27.1 Å². The van der Waals surface area contributed by atoms with E-state index in [1.165, 1.54) is 4.90 Å². The summed E-state index contributed by atoms with van der Waals surface area (Å²) in [5.41, 5.74) is 0.930. The highest BCUT2D eigenvalue weighted by Crippen LogP contribution is 2.25. The first-order chi connectivity index (χ1) is 16.4. The van der Waals surface area contributed by atoms with E-state index in [4.69, 9.17) is 23.2 Å². The SMILES string of the molecule is CCC(C)NC(=O)C(CC)N(Cc1ccc(Cl)cc1Cl)C(=O)CN(c1ccc(Br)cc1)S(C)(=O)=O. The maximum Gasteiger partial charge on any atom is 0.244 e. The molecule has 0 fully saturated rings. The lowest BCUT2D eigenvalue weighted by atomic mass is 10.1. The Balaban J connectivity index is 2.46. The molecule has 2 aromatic carbocycles. The lowest BCUT2D eigenvalue weighted by Crippen LogP contribution is -2.53. The van der Waals surface area contributed by atoms with Crippen LogP contribution in [0.1, 0.15) is 39.2 Å². The predicted molar refractivity (Wildman–Crippen MR) is 145 cm³/mol. The molecule has 1 N–H and O–H groups in total. The number of carbonyl (C=O) groups is 2. The summed E-state index contributed by atoms with van der Waals surface area (Å²) in [5.74, 6) is -0.842. The third-order valence-corrected chi connectivity index (χ3v) is 7.79. The molecule has 35 heavy (non-hydrogen) atoms. The van der Waals surface area contributed by atoms with Crippen molar-refractivity contribution in [3.63, 3.8) is 0 Å². The van der Waals surface area contributed by atoms with Crippen LogP contribution >= 0.6 is 39.1 Å². The number of carbonyl (C=O) groups excluding carboxylic acids is 2. The van der Waals surface area contributed by atoms with Gasteiger partial charge in [0.1, 0.15) is 12.6 Å². The van der Waals surface area contributed by atoms with E-state index in [1.807, 2.05) is 13.8 Å². The summed E-state index contributed by atoms with van der Waals surface area (Å²) in [6, 6.07) is 10.6. The molecule has 0 aliphatic rings. The van der Waals surface area contributed by atoms with Gasteiger partial charge in [0.25, 0.3) is 0 Å². The van der Waals surface area contributed by atoms with Crippen molar-refractivity contribution in [1.82, 2.24) is 10.2 Å². The van der Waals surface area contributed by atoms with Crippen molar-refractivity contribution >= 4 is 66.7 Å². The van der Waals surface area contributed by atoms with E-state index >= 15 is 0 Å². The smallest absolute Gasteiger partial charge is 0.244 e. The molecule has 2 amide bonds. The van der Waals surface area contributed by atoms with E-state index in [0.717, 1.165) is 21.5 Å². The number of amides is 2. The van der Waals surface area contributed by atoms with Gasteiger partial charge < -0.3 is 10.2 Å². The molecule has 0 saturated carbocycles. The Kier molecular flexibility index (Phi) is 10.9. The van der Waals surface area contributed by atoms with Crippen LogP contribution in [0.25, 0.3) is 0 Å². The fourth-order valence-electron chi connectivity index (χ4n) is 3.42. The van der Waals surface area contributed by atoms with E-state index in [0.29, 0.717) is 27.7 Å². The molecule has 0 saturated heterocycles. The Morgan fingerprint density at radius 3 is 2.20 bits per heavy atom. The molecule has 2 aromatic rings. The number of anilines is 1. The van der Waals surface area contributed by atoms with Gasteiger partial charge in [-0.05, 0) is 61.7 Å². The molecule has 0 radical (unpaired) electrons. The Bertz CT molecular complexity index is 1150. The van der Waals surface area contributed by atoms with Crippen LogP contribution in [0.2, 0.25) is 10.0 Å². The maximum absolute atomic E-state index is 13.6. The van der Waals surface area contributed by atoms with Crippen LogP contribution in [0.4, 0.5) is 5.69 Å². The monoisotopic (exact) mass is 605 g/mol. The minimum atomic E-state index is -3.80. The molecule has 0 bridgehead atoms. The quantitative estimate of drug-likeness (QED) is 0.379. The lowest BCUT2D eigenvalue weighted by molar-refractivity contribution is -0.140. The average molecular weight is 607 g/mol. The Hall–Kier alpha value is -1.81. The zero-order valence-corrected chi connectivity index (χ0v) is 24.0. The van der Waals surface area contributed by atoms with Crippen molar-refractivity contribution in [3.05, 3.63) is 62.5 Å². The molecule has 2 atom stereocenters. The first-order valence-corrected chi connectivity index (χ1v) is 14.5. The third-order valence-electron chi connectivity index (χ3n) is 5.54. The highest BCUT2D eigenvalue weighted by Gasteiger charge is 2.32. The van der Waals surface area contributed by atoms with Crippen LogP contribution in [0, 0.1) is 0 Å². The van der Waals surface area contributed by atoms with E-state index in [2.05, 4.69) is 21.2 Å². The number of nitrogens with zero attached hydrogens (tertiary/aromatic N) is 2. The molecular formula is C24H30BrCl2N3O4S. The highest BCUT2D eigenvalue weighted by atomic mass is 79.9. The van der Waals surface area contributed by atoms with Gasteiger partial charge in [-0.3, -0.25) is 13.9 Å². The van der Waals surface area contributed by atoms with Crippen molar-refractivity contribution in [2.24, 2.45) is 0 Å². The van der Waals surface area contributed by atoms with Gasteiger partial charge in [-0.2, -0.15) is 0 Å². The summed E-state index contributed by atoms with van der Waals surface area (Å²) < 4.78 is 27.0. The normalized spacial score (nSPS) is 13.1. The van der Waals surface area contributed by atoms with Gasteiger partial charge in [-0.25, -0.2) is 8.42 Å². The zero-order chi connectivity index (χ0) is 26.3. The van der Waals surface area contributed by atoms with Crippen molar-refractivity contribution in [2.75, 3.05) is 17.1 Å². The first-order valence-electron chi connectivity index (χ1n) is 11.1. The molecule has 2 unspecified atom stereocenters. The number of benzene rings is 2. The highest BCUT2D eigenvalue weighted by molar-refractivity contribution is 9.10. The van der Waals surface area contributed by atoms with Crippen molar-refractivity contribution in [1.29, 1.82) is 0 Å². The van der Waals surface area contributed by atoms with E-state index in [9.17, 15) is 18.0 Å². The standard InChI is InChI=1S/C24H30BrCl2N3O4S/c1-5-16(3)28-24(32)22(6-2)29(14-17-7-10-19(26)13-21(17)27)23(31)15-30(35(4,33)34)20-11-8-18(25)9-12-20/h7-13,16,22H,5-6,14-15H2,1-4H3,(H,28,32). The van der Waals surface area contributed by atoms with Crippen molar-refractivity contribution < 1.29 is 18.0 Å². The second kappa shape index (κ2) is 12.9. The molecule has 2 rings (SSSR count). The molecule has 0 aliphatic heterocycles. The van der Waals surface area contributed by atoms with E-state index in [1.54, 1.807) is 49.4 Å². The molecule has 0 spiro atoms. The van der Waals surface area contributed by atoms with Gasteiger partial charge in [0.15, 0.2) is 0 Å². The summed E-state index contributed by atoms with van der Waals surface area (Å²) in [4.78, 5) is 28.1. The fraction of sp³-hybridized carbons (Fsp3) is 0.417. The van der Waals surface area contributed by atoms with Crippen LogP contribution < -0.4 is 9.62 Å². The topological polar surface area (TPSA) is 86.8 Å². The van der Waals surface area contributed by atoms with Crippen molar-refractivity contribution in [2.45, 2.75) is 52.2 Å². The van der Waals surface area contributed by atoms with Crippen LogP contribution in [-0.2, 0) is 26.2 Å². The number of hydrogen-bond donors (Lipinski definition) is 1. The van der Waals surface area contributed by atoms with Crippen molar-refractivity contribution in [3.8, 4) is 0 Å². The van der Waals surface area contributed by atoms with Gasteiger partial charge in [0.2, 0.25) is 21.8 Å². The van der Waals surface area contributed by atoms with Gasteiger partial charge in [-0.15, -0.1) is 0 Å². The second-order valence-corrected chi connectivity index (χ2v) is 11.9. The molecule has 192 valence electrons. The second-order valence-electron chi connectivity index (χ2n) is 8.25. The van der Waals surface area contributed by atoms with Crippen LogP contribution in [0.15, 0.2) is 46.9 Å². The Labute approximate surface area is 225 Å².